The molecule has 0 aromatic rings. The number of hydrogen-bond donors (Lipinski definition) is 2. The molecule has 0 saturated heterocycles. The van der Waals surface area contributed by atoms with Gasteiger partial charge >= 0.3 is 0 Å². The van der Waals surface area contributed by atoms with E-state index in [0.717, 1.165) is 6.42 Å². The fourth-order valence-electron chi connectivity index (χ4n) is 1.40. The van der Waals surface area contributed by atoms with Crippen LogP contribution in [0, 0.1) is 18.3 Å². The molecule has 2 atom stereocenters. The predicted molar refractivity (Wildman–Crippen MR) is 63.0 cm³/mol. The standard InChI is InChI=1S/C12H24N2/c1-6-11(4)14-12(5,9-13)8-7-10(2)3/h1,10-11,14H,7-9,13H2,2-5H3. The van der Waals surface area contributed by atoms with Crippen molar-refractivity contribution in [2.45, 2.75) is 52.1 Å². The summed E-state index contributed by atoms with van der Waals surface area (Å²) in [5, 5.41) is 3.39. The number of hydrogen-bond acceptors (Lipinski definition) is 2. The molecule has 0 bridgehead atoms. The predicted octanol–water partition coefficient (Wildman–Crippen LogP) is 1.75. The number of nitrogens with two attached hydrogens (primary N) is 1. The van der Waals surface area contributed by atoms with Crippen LogP contribution in [0.1, 0.15) is 40.5 Å². The van der Waals surface area contributed by atoms with Gasteiger partial charge in [0.25, 0.3) is 0 Å². The summed E-state index contributed by atoms with van der Waals surface area (Å²) in [6.07, 6.45) is 7.59. The van der Waals surface area contributed by atoms with Crippen LogP contribution in [0.15, 0.2) is 0 Å². The molecule has 0 fully saturated rings. The van der Waals surface area contributed by atoms with Crippen molar-refractivity contribution in [3.8, 4) is 12.3 Å². The Labute approximate surface area is 88.6 Å². The van der Waals surface area contributed by atoms with Crippen LogP contribution in [-0.4, -0.2) is 18.1 Å². The van der Waals surface area contributed by atoms with Gasteiger partial charge in [0.05, 0.1) is 6.04 Å². The zero-order chi connectivity index (χ0) is 11.2. The first-order chi connectivity index (χ1) is 6.43. The summed E-state index contributed by atoms with van der Waals surface area (Å²) < 4.78 is 0. The highest BCUT2D eigenvalue weighted by Gasteiger charge is 2.23. The second kappa shape index (κ2) is 6.06. The molecule has 14 heavy (non-hydrogen) atoms. The van der Waals surface area contributed by atoms with Gasteiger partial charge in [-0.15, -0.1) is 6.42 Å². The summed E-state index contributed by atoms with van der Waals surface area (Å²) in [5.41, 5.74) is 5.75. The lowest BCUT2D eigenvalue weighted by atomic mass is 9.91. The Hall–Kier alpha value is -0.520. The van der Waals surface area contributed by atoms with E-state index < -0.39 is 0 Å². The van der Waals surface area contributed by atoms with Crippen molar-refractivity contribution in [2.24, 2.45) is 11.7 Å². The van der Waals surface area contributed by atoms with E-state index in [-0.39, 0.29) is 11.6 Å². The Morgan fingerprint density at radius 1 is 1.43 bits per heavy atom. The summed E-state index contributed by atoms with van der Waals surface area (Å²) in [6, 6.07) is 0.0933. The van der Waals surface area contributed by atoms with Gasteiger partial charge < -0.3 is 5.73 Å². The number of rotatable bonds is 6. The van der Waals surface area contributed by atoms with Gasteiger partial charge in [0, 0.05) is 12.1 Å². The van der Waals surface area contributed by atoms with Crippen LogP contribution in [0.4, 0.5) is 0 Å². The van der Waals surface area contributed by atoms with E-state index in [9.17, 15) is 0 Å². The molecule has 0 aliphatic carbocycles. The van der Waals surface area contributed by atoms with Crippen molar-refractivity contribution in [1.82, 2.24) is 5.32 Å². The van der Waals surface area contributed by atoms with Gasteiger partial charge in [-0.2, -0.15) is 0 Å². The molecule has 2 unspecified atom stereocenters. The molecule has 3 N–H and O–H groups in total. The highest BCUT2D eigenvalue weighted by molar-refractivity contribution is 5.00. The first-order valence-corrected chi connectivity index (χ1v) is 5.37. The molecule has 0 saturated carbocycles. The molecular weight excluding hydrogens is 172 g/mol. The van der Waals surface area contributed by atoms with Crippen molar-refractivity contribution in [2.75, 3.05) is 6.54 Å². The zero-order valence-corrected chi connectivity index (χ0v) is 9.93. The van der Waals surface area contributed by atoms with E-state index in [1.807, 2.05) is 6.92 Å². The van der Waals surface area contributed by atoms with Crippen molar-refractivity contribution in [3.63, 3.8) is 0 Å². The zero-order valence-electron chi connectivity index (χ0n) is 9.93. The van der Waals surface area contributed by atoms with Crippen molar-refractivity contribution < 1.29 is 0 Å². The lowest BCUT2D eigenvalue weighted by Crippen LogP contribution is -2.52. The maximum Gasteiger partial charge on any atom is 0.0662 e. The molecule has 2 nitrogen and oxygen atoms in total. The van der Waals surface area contributed by atoms with E-state index in [1.165, 1.54) is 6.42 Å². The molecule has 0 spiro atoms. The quantitative estimate of drug-likeness (QED) is 0.635. The maximum atomic E-state index is 5.77. The number of terminal acetylenes is 1. The van der Waals surface area contributed by atoms with E-state index >= 15 is 0 Å². The average Bonchev–Trinajstić information content (AvgIpc) is 2.14. The van der Waals surface area contributed by atoms with E-state index in [1.54, 1.807) is 0 Å². The lowest BCUT2D eigenvalue weighted by molar-refractivity contribution is 0.304. The van der Waals surface area contributed by atoms with Gasteiger partial charge in [-0.25, -0.2) is 0 Å². The molecule has 0 aromatic heterocycles. The minimum Gasteiger partial charge on any atom is -0.329 e. The van der Waals surface area contributed by atoms with Crippen molar-refractivity contribution in [1.29, 1.82) is 0 Å². The molecule has 0 heterocycles. The summed E-state index contributed by atoms with van der Waals surface area (Å²) >= 11 is 0. The smallest absolute Gasteiger partial charge is 0.0662 e. The molecule has 0 amide bonds. The minimum atomic E-state index is -0.0178. The normalized spacial score (nSPS) is 17.5. The maximum absolute atomic E-state index is 5.77. The van der Waals surface area contributed by atoms with E-state index in [4.69, 9.17) is 12.2 Å². The van der Waals surface area contributed by atoms with Gasteiger partial charge in [0.1, 0.15) is 0 Å². The fraction of sp³-hybridized carbons (Fsp3) is 0.833. The summed E-state index contributed by atoms with van der Waals surface area (Å²) in [6.45, 7) is 9.21. The third-order valence-electron chi connectivity index (χ3n) is 2.54. The van der Waals surface area contributed by atoms with Gasteiger partial charge in [0.15, 0.2) is 0 Å². The highest BCUT2D eigenvalue weighted by atomic mass is 15.0. The molecule has 0 aliphatic rings. The summed E-state index contributed by atoms with van der Waals surface area (Å²) in [4.78, 5) is 0. The monoisotopic (exact) mass is 196 g/mol. The topological polar surface area (TPSA) is 38.0 Å². The van der Waals surface area contributed by atoms with Crippen LogP contribution in [0.2, 0.25) is 0 Å². The second-order valence-electron chi connectivity index (χ2n) is 4.73. The Morgan fingerprint density at radius 2 is 2.00 bits per heavy atom. The molecular formula is C12H24N2. The van der Waals surface area contributed by atoms with Crippen molar-refractivity contribution in [3.05, 3.63) is 0 Å². The number of nitrogens with one attached hydrogen (secondary N) is 1. The van der Waals surface area contributed by atoms with Crippen LogP contribution in [0.3, 0.4) is 0 Å². The van der Waals surface area contributed by atoms with Gasteiger partial charge in [-0.3, -0.25) is 5.32 Å². The molecule has 2 heteroatoms. The molecule has 0 aromatic carbocycles. The van der Waals surface area contributed by atoms with Crippen LogP contribution in [0.25, 0.3) is 0 Å². The van der Waals surface area contributed by atoms with Crippen molar-refractivity contribution >= 4 is 0 Å². The molecule has 82 valence electrons. The van der Waals surface area contributed by atoms with E-state index in [2.05, 4.69) is 32.0 Å². The molecule has 0 rings (SSSR count). The second-order valence-corrected chi connectivity index (χ2v) is 4.73. The van der Waals surface area contributed by atoms with Crippen LogP contribution in [0.5, 0.6) is 0 Å². The average molecular weight is 196 g/mol. The summed E-state index contributed by atoms with van der Waals surface area (Å²) in [7, 11) is 0. The van der Waals surface area contributed by atoms with Crippen LogP contribution < -0.4 is 11.1 Å². The van der Waals surface area contributed by atoms with Crippen LogP contribution in [-0.2, 0) is 0 Å². The lowest BCUT2D eigenvalue weighted by Gasteiger charge is -2.32. The fourth-order valence-corrected chi connectivity index (χ4v) is 1.40. The SMILES string of the molecule is C#CC(C)NC(C)(CN)CCC(C)C. The largest absolute Gasteiger partial charge is 0.329 e. The Kier molecular flexibility index (Phi) is 5.83. The van der Waals surface area contributed by atoms with Gasteiger partial charge in [0.2, 0.25) is 0 Å². The molecule has 0 radical (unpaired) electrons. The third kappa shape index (κ3) is 5.26. The first kappa shape index (κ1) is 13.5. The van der Waals surface area contributed by atoms with Crippen LogP contribution >= 0.6 is 0 Å². The Morgan fingerprint density at radius 3 is 2.36 bits per heavy atom. The third-order valence-corrected chi connectivity index (χ3v) is 2.54. The highest BCUT2D eigenvalue weighted by Crippen LogP contribution is 2.16. The Bertz CT molecular complexity index is 193. The summed E-state index contributed by atoms with van der Waals surface area (Å²) in [5.74, 6) is 3.39. The van der Waals surface area contributed by atoms with E-state index in [0.29, 0.717) is 12.5 Å². The Balaban J connectivity index is 4.12. The van der Waals surface area contributed by atoms with Gasteiger partial charge in [-0.05, 0) is 32.6 Å². The van der Waals surface area contributed by atoms with Gasteiger partial charge in [-0.1, -0.05) is 19.8 Å². The minimum absolute atomic E-state index is 0.0178. The molecule has 0 aliphatic heterocycles. The first-order valence-electron chi connectivity index (χ1n) is 5.37.